The van der Waals surface area contributed by atoms with Crippen LogP contribution in [0.15, 0.2) is 182 Å². The minimum Gasteiger partial charge on any atom is -0.434 e. The minimum absolute atomic E-state index is 0. The number of hydrogen-bond donors (Lipinski definition) is 0. The van der Waals surface area contributed by atoms with E-state index in [1.807, 2.05) is 43.2 Å². The predicted molar refractivity (Wildman–Crippen MR) is 316 cm³/mol. The van der Waals surface area contributed by atoms with E-state index in [0.717, 1.165) is 0 Å². The predicted octanol–water partition coefficient (Wildman–Crippen LogP) is 19.2. The fourth-order valence-electron chi connectivity index (χ4n) is 9.74. The standard InChI is InChI=1S/C30H30.C24H26.C8H11BO.C7H8.3Ar/c1-29(2,3)23-14-20-12-13-21-15-24(30(4,5)6)18-26-25(19-10-8-7-9-11-19)17-22(16-23)27(20)28(21)26;1-23(2,3)19-11-15-7-9-17-13-20(24(4,5)6)14-18-10-8-16(12-19)21(15)22(17)18;1-9(10-2)8-6-4-3-5-7-8;1-7-5-3-2-4-6-7;;;/h7-18H,1-6H3;7-14H,1-6H3;3-7H,1-2H3;2-6H,1H3;;;. The molecule has 384 valence electrons. The summed E-state index contributed by atoms with van der Waals surface area (Å²) in [6.07, 6.45) is 0. The molecule has 0 saturated heterocycles. The van der Waals surface area contributed by atoms with Crippen LogP contribution in [0.4, 0.5) is 0 Å². The first-order chi connectivity index (χ1) is 33.5. The van der Waals surface area contributed by atoms with E-state index in [0.29, 0.717) is 0 Å². The second-order valence-corrected chi connectivity index (χ2v) is 23.9. The van der Waals surface area contributed by atoms with Gasteiger partial charge in [-0.2, -0.15) is 0 Å². The Labute approximate surface area is 534 Å². The minimum atomic E-state index is 0. The van der Waals surface area contributed by atoms with Crippen LogP contribution in [0, 0.1) is 120 Å². The molecule has 0 aliphatic carbocycles. The molecule has 0 aromatic heterocycles. The monoisotopic (exact) mass is 1050 g/mol. The summed E-state index contributed by atoms with van der Waals surface area (Å²) in [5, 5.41) is 16.5. The first-order valence-electron chi connectivity index (χ1n) is 25.7. The first kappa shape index (κ1) is 62.1. The van der Waals surface area contributed by atoms with Gasteiger partial charge < -0.3 is 4.65 Å². The summed E-state index contributed by atoms with van der Waals surface area (Å²) in [5.74, 6) is 0. The summed E-state index contributed by atoms with van der Waals surface area (Å²) >= 11 is 0. The topological polar surface area (TPSA) is 9.23 Å². The third kappa shape index (κ3) is 14.3. The average molecular weight is 1050 g/mol. The molecule has 0 unspecified atom stereocenters. The number of aryl methyl sites for hydroxylation is 1. The first-order valence-corrected chi connectivity index (χ1v) is 25.7. The van der Waals surface area contributed by atoms with Crippen LogP contribution in [0.3, 0.4) is 0 Å². The molecule has 0 amide bonds. The Hall–Kier alpha value is -2.70. The fourth-order valence-corrected chi connectivity index (χ4v) is 9.74. The van der Waals surface area contributed by atoms with Crippen LogP contribution in [0.5, 0.6) is 0 Å². The van der Waals surface area contributed by atoms with Crippen molar-refractivity contribution in [1.82, 2.24) is 0 Å². The Morgan fingerprint density at radius 3 is 0.959 bits per heavy atom. The van der Waals surface area contributed by atoms with Crippen molar-refractivity contribution in [1.29, 1.82) is 0 Å². The van der Waals surface area contributed by atoms with Crippen LogP contribution in [0.2, 0.25) is 6.82 Å². The van der Waals surface area contributed by atoms with Gasteiger partial charge in [-0.05, 0) is 144 Å². The average Bonchev–Trinajstić information content (AvgIpc) is 3.34. The molecule has 0 bridgehead atoms. The molecule has 0 N–H and O–H groups in total. The van der Waals surface area contributed by atoms with E-state index in [2.05, 4.69) is 236 Å². The molecule has 11 rings (SSSR count). The summed E-state index contributed by atoms with van der Waals surface area (Å²) in [7, 11) is 1.72. The van der Waals surface area contributed by atoms with E-state index in [9.17, 15) is 0 Å². The largest absolute Gasteiger partial charge is 0.434 e. The van der Waals surface area contributed by atoms with Gasteiger partial charge in [0.05, 0.1) is 0 Å². The molecule has 5 heteroatoms. The van der Waals surface area contributed by atoms with Crippen molar-refractivity contribution in [2.45, 2.75) is 118 Å². The normalized spacial score (nSPS) is 11.7. The number of benzene rings is 11. The van der Waals surface area contributed by atoms with Crippen LogP contribution >= 0.6 is 0 Å². The molecule has 1 nitrogen and oxygen atoms in total. The molecule has 0 atom stereocenters. The van der Waals surface area contributed by atoms with E-state index in [4.69, 9.17) is 4.65 Å². The van der Waals surface area contributed by atoms with E-state index in [1.54, 1.807) is 7.11 Å². The van der Waals surface area contributed by atoms with Crippen molar-refractivity contribution >= 4 is 77.0 Å². The maximum atomic E-state index is 5.14. The van der Waals surface area contributed by atoms with Crippen molar-refractivity contribution in [3.63, 3.8) is 0 Å². The summed E-state index contributed by atoms with van der Waals surface area (Å²) in [4.78, 5) is 0. The Morgan fingerprint density at radius 1 is 0.338 bits per heavy atom. The smallest absolute Gasteiger partial charge is 0.323 e. The molecule has 0 aliphatic rings. The quantitative estimate of drug-likeness (QED) is 0.127. The zero-order valence-corrected chi connectivity index (χ0v) is 48.5. The SMILES string of the molecule is CC(C)(C)c1cc2ccc3cc(C(C)(C)C)cc4c(-c5ccccc5)cc(c1)c2c34.CC(C)(C)c1cc2ccc3cc(C(C)(C)C)cc4ccc(c1)c2c34.COB(C)c1ccccc1.Cc1ccccc1.[Ar].[Ar].[Ar]. The molecule has 74 heavy (non-hydrogen) atoms. The Bertz CT molecular complexity index is 3410. The van der Waals surface area contributed by atoms with Gasteiger partial charge >= 0.3 is 6.92 Å². The molecule has 0 radical (unpaired) electrons. The second kappa shape index (κ2) is 25.4. The van der Waals surface area contributed by atoms with E-state index < -0.39 is 0 Å². The van der Waals surface area contributed by atoms with Gasteiger partial charge in [0.1, 0.15) is 0 Å². The van der Waals surface area contributed by atoms with Gasteiger partial charge in [-0.1, -0.05) is 265 Å². The summed E-state index contributed by atoms with van der Waals surface area (Å²) < 4.78 is 5.14. The number of hydrogen-bond acceptors (Lipinski definition) is 1. The molecule has 0 fully saturated rings. The maximum absolute atomic E-state index is 5.14. The maximum Gasteiger partial charge on any atom is 0.323 e. The summed E-state index contributed by atoms with van der Waals surface area (Å²) in [6.45, 7) is 31.9. The van der Waals surface area contributed by atoms with Crippen molar-refractivity contribution in [3.05, 3.63) is 210 Å². The summed E-state index contributed by atoms with van der Waals surface area (Å²) in [5.41, 5.74) is 11.3. The molecule has 0 aliphatic heterocycles. The van der Waals surface area contributed by atoms with Gasteiger partial charge in [-0.15, -0.1) is 0 Å². The van der Waals surface area contributed by atoms with Gasteiger partial charge in [0.25, 0.3) is 0 Å². The number of rotatable bonds is 3. The third-order valence-electron chi connectivity index (χ3n) is 14.3. The van der Waals surface area contributed by atoms with Crippen LogP contribution in [0.1, 0.15) is 111 Å². The van der Waals surface area contributed by atoms with Crippen molar-refractivity contribution in [2.24, 2.45) is 0 Å². The van der Waals surface area contributed by atoms with Crippen LogP contribution < -0.4 is 5.46 Å². The zero-order chi connectivity index (χ0) is 51.0. The van der Waals surface area contributed by atoms with E-state index >= 15 is 0 Å². The molecular weight excluding hydrogens is 975 g/mol. The van der Waals surface area contributed by atoms with Gasteiger partial charge in [0, 0.05) is 120 Å². The van der Waals surface area contributed by atoms with Crippen molar-refractivity contribution in [3.8, 4) is 11.1 Å². The van der Waals surface area contributed by atoms with Crippen LogP contribution in [-0.2, 0) is 26.3 Å². The van der Waals surface area contributed by atoms with Crippen LogP contribution in [-0.4, -0.2) is 14.0 Å². The molecule has 0 heterocycles. The Kier molecular flexibility index (Phi) is 21.3. The van der Waals surface area contributed by atoms with Gasteiger partial charge in [-0.25, -0.2) is 0 Å². The molecular formula is C69H75Ar3BO. The molecule has 0 spiro atoms. The molecule has 11 aromatic carbocycles. The van der Waals surface area contributed by atoms with Gasteiger partial charge in [-0.3, -0.25) is 0 Å². The van der Waals surface area contributed by atoms with Gasteiger partial charge in [0.2, 0.25) is 0 Å². The molecule has 0 saturated carbocycles. The molecule has 11 aromatic rings. The van der Waals surface area contributed by atoms with Crippen molar-refractivity contribution in [2.75, 3.05) is 7.11 Å². The summed E-state index contributed by atoms with van der Waals surface area (Å²) in [6, 6.07) is 66.6. The Balaban J connectivity index is 0.000000205. The fraction of sp³-hybridized carbons (Fsp3) is 0.275. The van der Waals surface area contributed by atoms with Crippen molar-refractivity contribution < 1.29 is 118 Å². The van der Waals surface area contributed by atoms with Crippen LogP contribution in [0.25, 0.3) is 75.8 Å². The van der Waals surface area contributed by atoms with E-state index in [1.165, 1.54) is 109 Å². The third-order valence-corrected chi connectivity index (χ3v) is 14.3. The van der Waals surface area contributed by atoms with Gasteiger partial charge in [0.15, 0.2) is 0 Å². The zero-order valence-electron chi connectivity index (χ0n) is 46.4. The second-order valence-electron chi connectivity index (χ2n) is 23.9. The Morgan fingerprint density at radius 2 is 0.635 bits per heavy atom. The van der Waals surface area contributed by atoms with E-state index in [-0.39, 0.29) is 142 Å².